The Bertz CT molecular complexity index is 731. The minimum absolute atomic E-state index is 0.0939. The van der Waals surface area contributed by atoms with Crippen molar-refractivity contribution in [1.29, 1.82) is 5.41 Å². The van der Waals surface area contributed by atoms with Gasteiger partial charge in [-0.1, -0.05) is 6.07 Å². The second kappa shape index (κ2) is 5.58. The van der Waals surface area contributed by atoms with E-state index in [4.69, 9.17) is 15.9 Å². The highest BCUT2D eigenvalue weighted by Gasteiger charge is 2.16. The number of nitro benzene ring substituents is 1. The van der Waals surface area contributed by atoms with E-state index in [1.54, 1.807) is 0 Å². The van der Waals surface area contributed by atoms with Gasteiger partial charge in [-0.2, -0.15) is 0 Å². The van der Waals surface area contributed by atoms with E-state index in [1.165, 1.54) is 37.3 Å². The summed E-state index contributed by atoms with van der Waals surface area (Å²) in [6.45, 7) is 1.52. The maximum Gasteiger partial charge on any atom is 0.276 e. The number of nitrogens with zero attached hydrogens (tertiary/aromatic N) is 1. The van der Waals surface area contributed by atoms with Gasteiger partial charge >= 0.3 is 0 Å². The maximum absolute atomic E-state index is 13.9. The molecule has 0 aliphatic heterocycles. The van der Waals surface area contributed by atoms with E-state index < -0.39 is 10.7 Å². The van der Waals surface area contributed by atoms with Gasteiger partial charge in [-0.25, -0.2) is 4.39 Å². The number of benzene rings is 2. The summed E-state index contributed by atoms with van der Waals surface area (Å²) in [6.07, 6.45) is 0. The molecule has 0 aliphatic carbocycles. The third-order valence-electron chi connectivity index (χ3n) is 2.91. The summed E-state index contributed by atoms with van der Waals surface area (Å²) in [5.74, 6) is -0.858. The van der Waals surface area contributed by atoms with E-state index in [0.29, 0.717) is 5.56 Å². The Kier molecular flexibility index (Phi) is 3.84. The van der Waals surface area contributed by atoms with Crippen molar-refractivity contribution in [3.8, 4) is 11.5 Å². The van der Waals surface area contributed by atoms with Gasteiger partial charge in [-0.05, 0) is 31.2 Å². The summed E-state index contributed by atoms with van der Waals surface area (Å²) in [4.78, 5) is 10.3. The quantitative estimate of drug-likeness (QED) is 0.390. The van der Waals surface area contributed by atoms with Crippen molar-refractivity contribution in [2.45, 2.75) is 6.92 Å². The van der Waals surface area contributed by atoms with Crippen molar-refractivity contribution < 1.29 is 14.1 Å². The van der Waals surface area contributed by atoms with Crippen LogP contribution in [0.2, 0.25) is 0 Å². The average Bonchev–Trinajstić information content (AvgIpc) is 2.42. The van der Waals surface area contributed by atoms with Crippen LogP contribution in [0.5, 0.6) is 11.5 Å². The van der Waals surface area contributed by atoms with Gasteiger partial charge in [0.25, 0.3) is 5.69 Å². The molecule has 2 aromatic carbocycles. The van der Waals surface area contributed by atoms with Crippen molar-refractivity contribution >= 4 is 11.5 Å². The predicted molar refractivity (Wildman–Crippen MR) is 75.3 cm³/mol. The molecule has 0 saturated carbocycles. The smallest absolute Gasteiger partial charge is 0.276 e. The lowest BCUT2D eigenvalue weighted by molar-refractivity contribution is -0.385. The molecule has 0 atom stereocenters. The summed E-state index contributed by atoms with van der Waals surface area (Å²) in [5.41, 5.74) is 5.70. The van der Waals surface area contributed by atoms with Crippen LogP contribution in [0, 0.1) is 28.3 Å². The van der Waals surface area contributed by atoms with E-state index in [0.717, 1.165) is 6.07 Å². The molecule has 0 radical (unpaired) electrons. The number of halogens is 1. The molecule has 6 nitrogen and oxygen atoms in total. The Morgan fingerprint density at radius 3 is 2.62 bits per heavy atom. The summed E-state index contributed by atoms with van der Waals surface area (Å²) in [5, 5.41) is 18.1. The van der Waals surface area contributed by atoms with Crippen LogP contribution in [0.3, 0.4) is 0 Å². The molecular weight excluding hydrogens is 277 g/mol. The van der Waals surface area contributed by atoms with Gasteiger partial charge in [0.15, 0.2) is 11.6 Å². The molecule has 0 saturated heterocycles. The van der Waals surface area contributed by atoms with E-state index in [-0.39, 0.29) is 28.6 Å². The highest BCUT2D eigenvalue weighted by atomic mass is 19.1. The molecule has 108 valence electrons. The van der Waals surface area contributed by atoms with Gasteiger partial charge in [0.1, 0.15) is 11.6 Å². The van der Waals surface area contributed by atoms with Crippen molar-refractivity contribution in [1.82, 2.24) is 0 Å². The zero-order valence-electron chi connectivity index (χ0n) is 11.1. The first-order valence-corrected chi connectivity index (χ1v) is 5.96. The third kappa shape index (κ3) is 2.97. The van der Waals surface area contributed by atoms with Crippen LogP contribution in [0.15, 0.2) is 36.4 Å². The molecule has 3 N–H and O–H groups in total. The molecule has 7 heteroatoms. The van der Waals surface area contributed by atoms with Crippen LogP contribution in [0.4, 0.5) is 10.1 Å². The number of nitrogens with two attached hydrogens (primary N) is 1. The second-order valence-corrected chi connectivity index (χ2v) is 4.32. The molecule has 0 amide bonds. The van der Waals surface area contributed by atoms with Gasteiger partial charge in [0.05, 0.1) is 10.5 Å². The van der Waals surface area contributed by atoms with Gasteiger partial charge in [0.2, 0.25) is 0 Å². The van der Waals surface area contributed by atoms with E-state index in [1.807, 2.05) is 0 Å². The van der Waals surface area contributed by atoms with Gasteiger partial charge in [-0.3, -0.25) is 15.5 Å². The topological polar surface area (TPSA) is 102 Å². The van der Waals surface area contributed by atoms with E-state index in [9.17, 15) is 14.5 Å². The second-order valence-electron chi connectivity index (χ2n) is 4.32. The molecule has 0 fully saturated rings. The summed E-state index contributed by atoms with van der Waals surface area (Å²) >= 11 is 0. The summed E-state index contributed by atoms with van der Waals surface area (Å²) in [7, 11) is 0. The van der Waals surface area contributed by atoms with Crippen LogP contribution in [0.25, 0.3) is 0 Å². The molecule has 0 aliphatic rings. The minimum atomic E-state index is -0.700. The van der Waals surface area contributed by atoms with Crippen LogP contribution in [0.1, 0.15) is 11.1 Å². The Morgan fingerprint density at radius 1 is 1.33 bits per heavy atom. The largest absolute Gasteiger partial charge is 0.454 e. The molecular formula is C14H12FN3O3. The SMILES string of the molecule is Cc1c(Oc2ccc(C(=N)N)cc2F)cccc1[N+](=O)[O-]. The van der Waals surface area contributed by atoms with Crippen LogP contribution >= 0.6 is 0 Å². The fraction of sp³-hybridized carbons (Fsp3) is 0.0714. The Hall–Kier alpha value is -2.96. The zero-order valence-corrected chi connectivity index (χ0v) is 11.1. The normalized spacial score (nSPS) is 10.2. The number of nitrogen functional groups attached to an aromatic ring is 1. The monoisotopic (exact) mass is 289 g/mol. The molecule has 0 bridgehead atoms. The van der Waals surface area contributed by atoms with Gasteiger partial charge in [-0.15, -0.1) is 0 Å². The van der Waals surface area contributed by atoms with Crippen molar-refractivity contribution in [3.05, 3.63) is 63.5 Å². The van der Waals surface area contributed by atoms with E-state index >= 15 is 0 Å². The molecule has 21 heavy (non-hydrogen) atoms. The number of amidine groups is 1. The lowest BCUT2D eigenvalue weighted by Crippen LogP contribution is -2.11. The Balaban J connectivity index is 2.37. The minimum Gasteiger partial charge on any atom is -0.454 e. The van der Waals surface area contributed by atoms with E-state index in [2.05, 4.69) is 0 Å². The summed E-state index contributed by atoms with van der Waals surface area (Å²) in [6, 6.07) is 8.16. The average molecular weight is 289 g/mol. The molecule has 0 spiro atoms. The lowest BCUT2D eigenvalue weighted by Gasteiger charge is -2.10. The molecule has 0 heterocycles. The Morgan fingerprint density at radius 2 is 2.05 bits per heavy atom. The lowest BCUT2D eigenvalue weighted by atomic mass is 10.1. The van der Waals surface area contributed by atoms with Gasteiger partial charge in [0, 0.05) is 11.6 Å². The van der Waals surface area contributed by atoms with Gasteiger partial charge < -0.3 is 10.5 Å². The molecule has 2 aromatic rings. The first kappa shape index (κ1) is 14.4. The zero-order chi connectivity index (χ0) is 15.6. The predicted octanol–water partition coefficient (Wildman–Crippen LogP) is 3.12. The fourth-order valence-electron chi connectivity index (χ4n) is 1.78. The third-order valence-corrected chi connectivity index (χ3v) is 2.91. The number of nitro groups is 1. The van der Waals surface area contributed by atoms with Crippen molar-refractivity contribution in [3.63, 3.8) is 0 Å². The number of nitrogens with one attached hydrogen (secondary N) is 1. The first-order valence-electron chi connectivity index (χ1n) is 5.96. The van der Waals surface area contributed by atoms with Crippen LogP contribution in [-0.4, -0.2) is 10.8 Å². The number of hydrogen-bond acceptors (Lipinski definition) is 4. The first-order chi connectivity index (χ1) is 9.90. The highest BCUT2D eigenvalue weighted by Crippen LogP contribution is 2.32. The molecule has 0 unspecified atom stereocenters. The number of ether oxygens (including phenoxy) is 1. The maximum atomic E-state index is 13.9. The van der Waals surface area contributed by atoms with Crippen molar-refractivity contribution in [2.75, 3.05) is 0 Å². The molecule has 0 aromatic heterocycles. The standard InChI is InChI=1S/C14H12FN3O3/c1-8-11(18(19)20)3-2-4-12(8)21-13-6-5-9(14(16)17)7-10(13)15/h2-7H,1H3,(H3,16,17). The number of hydrogen-bond donors (Lipinski definition) is 2. The Labute approximate surface area is 119 Å². The van der Waals surface area contributed by atoms with Crippen LogP contribution < -0.4 is 10.5 Å². The molecule has 2 rings (SSSR count). The summed E-state index contributed by atoms with van der Waals surface area (Å²) < 4.78 is 19.3. The van der Waals surface area contributed by atoms with Crippen LogP contribution in [-0.2, 0) is 0 Å². The van der Waals surface area contributed by atoms with Crippen molar-refractivity contribution in [2.24, 2.45) is 5.73 Å². The number of rotatable bonds is 4. The fourth-order valence-corrected chi connectivity index (χ4v) is 1.78. The highest BCUT2D eigenvalue weighted by molar-refractivity contribution is 5.95.